The van der Waals surface area contributed by atoms with Gasteiger partial charge in [0.1, 0.15) is 0 Å². The van der Waals surface area contributed by atoms with Crippen LogP contribution in [-0.4, -0.2) is 23.5 Å². The lowest BCUT2D eigenvalue weighted by atomic mass is 10.00. The van der Waals surface area contributed by atoms with Crippen LogP contribution in [0.25, 0.3) is 0 Å². The Morgan fingerprint density at radius 3 is 2.22 bits per heavy atom. The molecule has 1 aliphatic heterocycles. The van der Waals surface area contributed by atoms with Crippen molar-refractivity contribution < 1.29 is 13.2 Å². The van der Waals surface area contributed by atoms with Gasteiger partial charge in [-0.1, -0.05) is 0 Å². The summed E-state index contributed by atoms with van der Waals surface area (Å²) in [6.07, 6.45) is 3.02. The zero-order valence-corrected chi connectivity index (χ0v) is 9.87. The maximum atomic E-state index is 13.3. The van der Waals surface area contributed by atoms with E-state index in [1.807, 2.05) is 0 Å². The Morgan fingerprint density at radius 1 is 1.06 bits per heavy atom. The summed E-state index contributed by atoms with van der Waals surface area (Å²) in [4.78, 5) is 2.19. The van der Waals surface area contributed by atoms with Crippen molar-refractivity contribution in [2.24, 2.45) is 5.73 Å². The Kier molecular flexibility index (Phi) is 2.83. The number of rotatable bonds is 2. The molecule has 2 fully saturated rings. The summed E-state index contributed by atoms with van der Waals surface area (Å²) in [6, 6.07) is 2.28. The molecule has 0 radical (unpaired) electrons. The average Bonchev–Trinajstić information content (AvgIpc) is 3.09. The molecule has 0 bridgehead atoms. The third-order valence-electron chi connectivity index (χ3n) is 3.85. The van der Waals surface area contributed by atoms with E-state index in [0.717, 1.165) is 37.9 Å². The Bertz CT molecular complexity index is 450. The zero-order valence-electron chi connectivity index (χ0n) is 9.87. The van der Waals surface area contributed by atoms with Gasteiger partial charge in [0.2, 0.25) is 0 Å². The van der Waals surface area contributed by atoms with Gasteiger partial charge in [0.05, 0.1) is 6.04 Å². The van der Waals surface area contributed by atoms with Gasteiger partial charge in [-0.05, 0) is 37.0 Å². The number of benzene rings is 1. The molecule has 1 heterocycles. The molecular weight excluding hydrogens is 241 g/mol. The number of hydrogen-bond acceptors (Lipinski definition) is 2. The number of hydrogen-bond donors (Lipinski definition) is 1. The van der Waals surface area contributed by atoms with E-state index in [9.17, 15) is 13.2 Å². The van der Waals surface area contributed by atoms with Gasteiger partial charge in [0.15, 0.2) is 17.5 Å². The predicted octanol–water partition coefficient (Wildman–Crippen LogP) is 2.34. The monoisotopic (exact) mass is 256 g/mol. The van der Waals surface area contributed by atoms with E-state index in [1.165, 1.54) is 0 Å². The highest BCUT2D eigenvalue weighted by molar-refractivity contribution is 5.26. The molecule has 18 heavy (non-hydrogen) atoms. The summed E-state index contributed by atoms with van der Waals surface area (Å²) in [6.45, 7) is 0.844. The van der Waals surface area contributed by atoms with Crippen LogP contribution in [0.2, 0.25) is 0 Å². The highest BCUT2D eigenvalue weighted by Gasteiger charge is 2.41. The van der Waals surface area contributed by atoms with Crippen LogP contribution in [0, 0.1) is 17.5 Å². The summed E-state index contributed by atoms with van der Waals surface area (Å²) in [5, 5.41) is 0. The molecule has 0 spiro atoms. The van der Waals surface area contributed by atoms with Gasteiger partial charge in [-0.25, -0.2) is 13.2 Å². The number of likely N-dealkylation sites (tertiary alicyclic amines) is 1. The van der Waals surface area contributed by atoms with Crippen molar-refractivity contribution in [3.05, 3.63) is 35.1 Å². The van der Waals surface area contributed by atoms with Crippen molar-refractivity contribution >= 4 is 0 Å². The van der Waals surface area contributed by atoms with E-state index in [-0.39, 0.29) is 12.1 Å². The SMILES string of the molecule is NC1CCN(C2CC2)C1c1cc(F)c(F)c(F)c1. The molecule has 2 N–H and O–H groups in total. The van der Waals surface area contributed by atoms with E-state index in [4.69, 9.17) is 5.73 Å². The highest BCUT2D eigenvalue weighted by atomic mass is 19.2. The maximum absolute atomic E-state index is 13.3. The van der Waals surface area contributed by atoms with Gasteiger partial charge in [0, 0.05) is 18.6 Å². The van der Waals surface area contributed by atoms with Crippen LogP contribution in [0.4, 0.5) is 13.2 Å². The molecule has 1 saturated heterocycles. The van der Waals surface area contributed by atoms with Gasteiger partial charge in [0.25, 0.3) is 0 Å². The van der Waals surface area contributed by atoms with E-state index in [0.29, 0.717) is 11.6 Å². The fourth-order valence-corrected chi connectivity index (χ4v) is 2.84. The van der Waals surface area contributed by atoms with Crippen LogP contribution in [-0.2, 0) is 0 Å². The molecule has 1 aromatic carbocycles. The normalized spacial score (nSPS) is 28.9. The minimum atomic E-state index is -1.41. The van der Waals surface area contributed by atoms with E-state index >= 15 is 0 Å². The van der Waals surface area contributed by atoms with Crippen molar-refractivity contribution in [1.82, 2.24) is 4.90 Å². The van der Waals surface area contributed by atoms with Crippen molar-refractivity contribution in [2.75, 3.05) is 6.54 Å². The van der Waals surface area contributed by atoms with Gasteiger partial charge in [-0.2, -0.15) is 0 Å². The van der Waals surface area contributed by atoms with Crippen LogP contribution in [0.5, 0.6) is 0 Å². The van der Waals surface area contributed by atoms with Gasteiger partial charge in [-0.3, -0.25) is 4.90 Å². The Labute approximate surface area is 104 Å². The summed E-state index contributed by atoms with van der Waals surface area (Å²) < 4.78 is 39.5. The molecule has 2 nitrogen and oxygen atoms in total. The summed E-state index contributed by atoms with van der Waals surface area (Å²) in [5.41, 5.74) is 6.47. The molecule has 98 valence electrons. The second-order valence-corrected chi connectivity index (χ2v) is 5.16. The topological polar surface area (TPSA) is 29.3 Å². The zero-order chi connectivity index (χ0) is 12.9. The molecule has 2 aliphatic rings. The lowest BCUT2D eigenvalue weighted by Gasteiger charge is -2.27. The largest absolute Gasteiger partial charge is 0.326 e. The van der Waals surface area contributed by atoms with Crippen LogP contribution in [0.3, 0.4) is 0 Å². The molecule has 2 atom stereocenters. The van der Waals surface area contributed by atoms with Gasteiger partial charge >= 0.3 is 0 Å². The summed E-state index contributed by atoms with van der Waals surface area (Å²) >= 11 is 0. The van der Waals surface area contributed by atoms with Crippen LogP contribution in [0.15, 0.2) is 12.1 Å². The molecule has 3 rings (SSSR count). The third-order valence-corrected chi connectivity index (χ3v) is 3.85. The maximum Gasteiger partial charge on any atom is 0.194 e. The fourth-order valence-electron chi connectivity index (χ4n) is 2.84. The van der Waals surface area contributed by atoms with Crippen molar-refractivity contribution in [1.29, 1.82) is 0 Å². The van der Waals surface area contributed by atoms with E-state index in [2.05, 4.69) is 4.90 Å². The van der Waals surface area contributed by atoms with Crippen LogP contribution in [0.1, 0.15) is 30.9 Å². The first-order valence-corrected chi connectivity index (χ1v) is 6.23. The molecule has 2 unspecified atom stereocenters. The quantitative estimate of drug-likeness (QED) is 0.823. The number of halogens is 3. The first-order valence-electron chi connectivity index (χ1n) is 6.23. The summed E-state index contributed by atoms with van der Waals surface area (Å²) in [5.74, 6) is -3.69. The average molecular weight is 256 g/mol. The number of nitrogens with two attached hydrogens (primary N) is 1. The van der Waals surface area contributed by atoms with Gasteiger partial charge < -0.3 is 5.73 Å². The standard InChI is InChI=1S/C13H15F3N2/c14-9-5-7(6-10(15)12(9)16)13-11(17)3-4-18(13)8-1-2-8/h5-6,8,11,13H,1-4,17H2. The fraction of sp³-hybridized carbons (Fsp3) is 0.538. The number of nitrogens with zero attached hydrogens (tertiary/aromatic N) is 1. The highest BCUT2D eigenvalue weighted by Crippen LogP contribution is 2.40. The van der Waals surface area contributed by atoms with Crippen molar-refractivity contribution in [3.63, 3.8) is 0 Å². The predicted molar refractivity (Wildman–Crippen MR) is 61.4 cm³/mol. The third kappa shape index (κ3) is 1.91. The molecule has 5 heteroatoms. The Hall–Kier alpha value is -1.07. The molecule has 0 aromatic heterocycles. The Morgan fingerprint density at radius 2 is 1.67 bits per heavy atom. The van der Waals surface area contributed by atoms with Crippen LogP contribution < -0.4 is 5.73 Å². The smallest absolute Gasteiger partial charge is 0.194 e. The minimum Gasteiger partial charge on any atom is -0.326 e. The second kappa shape index (κ2) is 4.24. The molecule has 0 amide bonds. The lowest BCUT2D eigenvalue weighted by molar-refractivity contribution is 0.236. The van der Waals surface area contributed by atoms with Crippen LogP contribution >= 0.6 is 0 Å². The molecule has 1 aliphatic carbocycles. The Balaban J connectivity index is 1.97. The van der Waals surface area contributed by atoms with E-state index in [1.54, 1.807) is 0 Å². The minimum absolute atomic E-state index is 0.144. The molecule has 1 aromatic rings. The molecular formula is C13H15F3N2. The van der Waals surface area contributed by atoms with Crippen molar-refractivity contribution in [2.45, 2.75) is 37.4 Å². The second-order valence-electron chi connectivity index (χ2n) is 5.16. The first kappa shape index (κ1) is 12.0. The summed E-state index contributed by atoms with van der Waals surface area (Å²) in [7, 11) is 0. The lowest BCUT2D eigenvalue weighted by Crippen LogP contribution is -2.33. The van der Waals surface area contributed by atoms with Crippen molar-refractivity contribution in [3.8, 4) is 0 Å². The first-order chi connectivity index (χ1) is 8.58. The van der Waals surface area contributed by atoms with Gasteiger partial charge in [-0.15, -0.1) is 0 Å². The molecule has 1 saturated carbocycles. The van der Waals surface area contributed by atoms with E-state index < -0.39 is 17.5 Å².